The maximum atomic E-state index is 12.6. The van der Waals surface area contributed by atoms with Crippen LogP contribution in [0.5, 0.6) is 0 Å². The van der Waals surface area contributed by atoms with Gasteiger partial charge < -0.3 is 10.3 Å². The van der Waals surface area contributed by atoms with Crippen LogP contribution in [0.2, 0.25) is 0 Å². The van der Waals surface area contributed by atoms with E-state index in [4.69, 9.17) is 0 Å². The molecule has 0 spiro atoms. The van der Waals surface area contributed by atoms with E-state index in [1.807, 2.05) is 27.8 Å². The van der Waals surface area contributed by atoms with Crippen LogP contribution in [0.4, 0.5) is 0 Å². The first-order valence-electron chi connectivity index (χ1n) is 10.8. The molecule has 1 aromatic carbocycles. The van der Waals surface area contributed by atoms with Crippen LogP contribution in [0, 0.1) is 13.8 Å². The second-order valence-corrected chi connectivity index (χ2v) is 8.51. The Morgan fingerprint density at radius 1 is 1.23 bits per heavy atom. The summed E-state index contributed by atoms with van der Waals surface area (Å²) in [6.45, 7) is 5.89. The Morgan fingerprint density at radius 3 is 2.73 bits per heavy atom. The summed E-state index contributed by atoms with van der Waals surface area (Å²) in [5.41, 5.74) is 7.05. The molecule has 1 aliphatic carbocycles. The van der Waals surface area contributed by atoms with Gasteiger partial charge in [-0.25, -0.2) is 0 Å². The molecular weight excluding hydrogens is 376 g/mol. The minimum atomic E-state index is -0.140. The summed E-state index contributed by atoms with van der Waals surface area (Å²) in [7, 11) is 1.82. The number of pyridine rings is 1. The molecule has 0 aliphatic heterocycles. The number of hydrogen-bond acceptors (Lipinski definition) is 3. The Labute approximate surface area is 176 Å². The monoisotopic (exact) mass is 406 g/mol. The van der Waals surface area contributed by atoms with Crippen molar-refractivity contribution in [3.8, 4) is 0 Å². The zero-order valence-corrected chi connectivity index (χ0v) is 18.3. The number of amides is 1. The van der Waals surface area contributed by atoms with Gasteiger partial charge in [-0.05, 0) is 75.1 Å². The highest BCUT2D eigenvalue weighted by atomic mass is 16.1. The van der Waals surface area contributed by atoms with Crippen molar-refractivity contribution in [2.75, 3.05) is 0 Å². The predicted molar refractivity (Wildman–Crippen MR) is 119 cm³/mol. The minimum Gasteiger partial charge on any atom is -0.350 e. The molecule has 2 N–H and O–H groups in total. The first kappa shape index (κ1) is 20.4. The molecule has 0 saturated carbocycles. The number of aryl methyl sites for hydroxylation is 5. The van der Waals surface area contributed by atoms with E-state index in [0.29, 0.717) is 12.0 Å². The number of fused-ring (bicyclic) bond motifs is 2. The van der Waals surface area contributed by atoms with Gasteiger partial charge in [0, 0.05) is 24.4 Å². The molecule has 0 bridgehead atoms. The van der Waals surface area contributed by atoms with E-state index in [0.717, 1.165) is 40.7 Å². The molecule has 30 heavy (non-hydrogen) atoms. The van der Waals surface area contributed by atoms with Crippen molar-refractivity contribution in [1.29, 1.82) is 0 Å². The first-order chi connectivity index (χ1) is 14.3. The molecule has 0 saturated heterocycles. The molecule has 0 unspecified atom stereocenters. The fourth-order valence-electron chi connectivity index (χ4n) is 4.71. The lowest BCUT2D eigenvalue weighted by Crippen LogP contribution is -2.28. The lowest BCUT2D eigenvalue weighted by molar-refractivity contribution is -0.121. The number of H-pyrrole nitrogens is 1. The van der Waals surface area contributed by atoms with E-state index < -0.39 is 0 Å². The van der Waals surface area contributed by atoms with Crippen molar-refractivity contribution in [3.63, 3.8) is 0 Å². The maximum Gasteiger partial charge on any atom is 0.253 e. The number of hydrogen-bond donors (Lipinski definition) is 2. The van der Waals surface area contributed by atoms with Crippen LogP contribution in [-0.4, -0.2) is 20.7 Å². The number of rotatable bonds is 5. The van der Waals surface area contributed by atoms with E-state index in [9.17, 15) is 9.59 Å². The molecule has 4 rings (SSSR count). The highest BCUT2D eigenvalue weighted by Crippen LogP contribution is 2.25. The van der Waals surface area contributed by atoms with Gasteiger partial charge >= 0.3 is 0 Å². The van der Waals surface area contributed by atoms with Crippen molar-refractivity contribution in [3.05, 3.63) is 62.1 Å². The van der Waals surface area contributed by atoms with Gasteiger partial charge in [-0.1, -0.05) is 18.2 Å². The summed E-state index contributed by atoms with van der Waals surface area (Å²) in [5.74, 6) is -0.0398. The molecule has 3 aromatic rings. The van der Waals surface area contributed by atoms with Crippen molar-refractivity contribution in [2.45, 2.75) is 65.3 Å². The molecule has 0 radical (unpaired) electrons. The third kappa shape index (κ3) is 3.78. The minimum absolute atomic E-state index is 0.0398. The lowest BCUT2D eigenvalue weighted by Gasteiger charge is -2.20. The smallest absolute Gasteiger partial charge is 0.253 e. The molecule has 6 heteroatoms. The van der Waals surface area contributed by atoms with Gasteiger partial charge in [-0.2, -0.15) is 5.10 Å². The molecular formula is C24H30N4O2. The Bertz CT molecular complexity index is 1170. The molecule has 2 heterocycles. The zero-order valence-electron chi connectivity index (χ0n) is 18.3. The van der Waals surface area contributed by atoms with E-state index in [-0.39, 0.29) is 23.9 Å². The van der Waals surface area contributed by atoms with Crippen LogP contribution in [-0.2, 0) is 31.1 Å². The molecule has 1 atom stereocenters. The van der Waals surface area contributed by atoms with Crippen molar-refractivity contribution in [1.82, 2.24) is 20.1 Å². The van der Waals surface area contributed by atoms with Crippen LogP contribution in [0.3, 0.4) is 0 Å². The van der Waals surface area contributed by atoms with Crippen molar-refractivity contribution >= 4 is 16.9 Å². The summed E-state index contributed by atoms with van der Waals surface area (Å²) in [4.78, 5) is 28.1. The third-order valence-corrected chi connectivity index (χ3v) is 6.41. The van der Waals surface area contributed by atoms with E-state index in [1.165, 1.54) is 24.0 Å². The van der Waals surface area contributed by atoms with E-state index >= 15 is 0 Å². The maximum absolute atomic E-state index is 12.6. The highest BCUT2D eigenvalue weighted by Gasteiger charge is 2.17. The number of benzene rings is 1. The Morgan fingerprint density at radius 2 is 1.97 bits per heavy atom. The van der Waals surface area contributed by atoms with Crippen LogP contribution >= 0.6 is 0 Å². The standard InChI is InChI=1S/C24H30N4O2/c1-14-20(24(30)26-23-22(14)16(3)27-28(23)4)11-12-21(29)25-15(2)18-10-9-17-7-5-6-8-19(17)13-18/h9-10,13,15H,5-8,11-12H2,1-4H3,(H,25,29)(H,26,30)/t15-/m0/s1. The molecule has 1 aliphatic rings. The van der Waals surface area contributed by atoms with Gasteiger partial charge in [-0.3, -0.25) is 14.3 Å². The highest BCUT2D eigenvalue weighted by molar-refractivity contribution is 5.83. The van der Waals surface area contributed by atoms with Crippen LogP contribution in [0.15, 0.2) is 23.0 Å². The van der Waals surface area contributed by atoms with Crippen molar-refractivity contribution in [2.24, 2.45) is 7.05 Å². The lowest BCUT2D eigenvalue weighted by atomic mass is 9.89. The van der Waals surface area contributed by atoms with Crippen LogP contribution in [0.1, 0.15) is 65.7 Å². The molecule has 0 fully saturated rings. The van der Waals surface area contributed by atoms with Gasteiger partial charge in [0.25, 0.3) is 5.56 Å². The van der Waals surface area contributed by atoms with Gasteiger partial charge in [0.2, 0.25) is 5.91 Å². The van der Waals surface area contributed by atoms with Gasteiger partial charge in [0.15, 0.2) is 0 Å². The Hall–Kier alpha value is -2.89. The molecule has 158 valence electrons. The summed E-state index contributed by atoms with van der Waals surface area (Å²) in [5, 5.41) is 8.46. The van der Waals surface area contributed by atoms with Crippen LogP contribution < -0.4 is 10.9 Å². The number of nitrogens with one attached hydrogen (secondary N) is 2. The first-order valence-corrected chi connectivity index (χ1v) is 10.8. The average molecular weight is 407 g/mol. The number of carbonyl (C=O) groups excluding carboxylic acids is 1. The van der Waals surface area contributed by atoms with Crippen molar-refractivity contribution < 1.29 is 4.79 Å². The Balaban J connectivity index is 1.45. The summed E-state index contributed by atoms with van der Waals surface area (Å²) >= 11 is 0. The summed E-state index contributed by atoms with van der Waals surface area (Å²) in [6.07, 6.45) is 5.48. The quantitative estimate of drug-likeness (QED) is 0.680. The number of carbonyl (C=O) groups is 1. The number of nitrogens with zero attached hydrogens (tertiary/aromatic N) is 2. The second kappa shape index (κ2) is 8.09. The van der Waals surface area contributed by atoms with Gasteiger partial charge in [-0.15, -0.1) is 0 Å². The Kier molecular flexibility index (Phi) is 5.50. The number of aromatic nitrogens is 3. The number of aromatic amines is 1. The van der Waals surface area contributed by atoms with Gasteiger partial charge in [0.1, 0.15) is 5.65 Å². The van der Waals surface area contributed by atoms with Gasteiger partial charge in [0.05, 0.1) is 11.7 Å². The normalized spacial score (nSPS) is 14.5. The molecule has 6 nitrogen and oxygen atoms in total. The van der Waals surface area contributed by atoms with E-state index in [2.05, 4.69) is 33.6 Å². The second-order valence-electron chi connectivity index (χ2n) is 8.51. The van der Waals surface area contributed by atoms with Crippen LogP contribution in [0.25, 0.3) is 11.0 Å². The fourth-order valence-corrected chi connectivity index (χ4v) is 4.71. The predicted octanol–water partition coefficient (Wildman–Crippen LogP) is 3.57. The summed E-state index contributed by atoms with van der Waals surface area (Å²) in [6, 6.07) is 6.53. The SMILES string of the molecule is Cc1nn(C)c2[nH]c(=O)c(CCC(=O)N[C@@H](C)c3ccc4c(c3)CCCC4)c(C)c12. The fraction of sp³-hybridized carbons (Fsp3) is 0.458. The zero-order chi connectivity index (χ0) is 21.4. The topological polar surface area (TPSA) is 79.8 Å². The van der Waals surface area contributed by atoms with E-state index in [1.54, 1.807) is 4.68 Å². The largest absolute Gasteiger partial charge is 0.350 e. The molecule has 1 amide bonds. The molecule has 2 aromatic heterocycles. The summed E-state index contributed by atoms with van der Waals surface area (Å²) < 4.78 is 1.69. The third-order valence-electron chi connectivity index (χ3n) is 6.41. The average Bonchev–Trinajstić information content (AvgIpc) is 3.00.